The van der Waals surface area contributed by atoms with Gasteiger partial charge in [0.15, 0.2) is 0 Å². The average Bonchev–Trinajstić information content (AvgIpc) is 2.76. The van der Waals surface area contributed by atoms with E-state index in [2.05, 4.69) is 41.5 Å². The van der Waals surface area contributed by atoms with Crippen molar-refractivity contribution >= 4 is 16.8 Å². The van der Waals surface area contributed by atoms with Gasteiger partial charge in [-0.05, 0) is 48.9 Å². The highest BCUT2D eigenvalue weighted by atomic mass is 16.2. The van der Waals surface area contributed by atoms with Crippen molar-refractivity contribution in [2.75, 3.05) is 6.54 Å². The van der Waals surface area contributed by atoms with Crippen LogP contribution in [0.25, 0.3) is 10.9 Å². The third-order valence-electron chi connectivity index (χ3n) is 5.71. The number of fused-ring (bicyclic) bond motifs is 2. The number of carbonyl (C=O) groups excluding carboxylic acids is 1. The average molecular weight is 390 g/mol. The van der Waals surface area contributed by atoms with Gasteiger partial charge in [-0.3, -0.25) is 9.59 Å². The van der Waals surface area contributed by atoms with E-state index in [1.54, 1.807) is 12.1 Å². The zero-order valence-electron chi connectivity index (χ0n) is 16.8. The fourth-order valence-corrected chi connectivity index (χ4v) is 4.21. The number of carbonyl (C=O) groups is 1. The first-order valence-electron chi connectivity index (χ1n) is 10.4. The van der Waals surface area contributed by atoms with Crippen molar-refractivity contribution in [2.24, 2.45) is 0 Å². The van der Waals surface area contributed by atoms with Gasteiger partial charge in [0.05, 0.1) is 11.9 Å². The summed E-state index contributed by atoms with van der Waals surface area (Å²) < 4.78 is 1.31. The van der Waals surface area contributed by atoms with Gasteiger partial charge in [-0.2, -0.15) is 0 Å². The fraction of sp³-hybridized carbons (Fsp3) is 0.391. The van der Waals surface area contributed by atoms with Crippen molar-refractivity contribution in [3.05, 3.63) is 70.0 Å². The molecule has 4 rings (SSSR count). The van der Waals surface area contributed by atoms with Crippen LogP contribution in [0.3, 0.4) is 0 Å². The zero-order valence-corrected chi connectivity index (χ0v) is 16.8. The molecule has 1 aliphatic carbocycles. The van der Waals surface area contributed by atoms with Crippen LogP contribution in [-0.2, 0) is 24.2 Å². The predicted octanol–water partition coefficient (Wildman–Crippen LogP) is 2.98. The number of rotatable bonds is 6. The summed E-state index contributed by atoms with van der Waals surface area (Å²) in [4.78, 5) is 27.7. The van der Waals surface area contributed by atoms with Gasteiger partial charge in [-0.1, -0.05) is 48.5 Å². The van der Waals surface area contributed by atoms with E-state index >= 15 is 0 Å². The zero-order chi connectivity index (χ0) is 20.2. The highest BCUT2D eigenvalue weighted by Gasteiger charge is 2.27. The van der Waals surface area contributed by atoms with Crippen molar-refractivity contribution in [2.45, 2.75) is 51.6 Å². The quantitative estimate of drug-likeness (QED) is 0.649. The normalized spacial score (nSPS) is 15.8. The first kappa shape index (κ1) is 19.3. The van der Waals surface area contributed by atoms with E-state index in [1.165, 1.54) is 15.8 Å². The molecular formula is C23H26N4O2. The number of hydrogen-bond acceptors (Lipinski definition) is 4. The van der Waals surface area contributed by atoms with Crippen molar-refractivity contribution < 1.29 is 4.79 Å². The van der Waals surface area contributed by atoms with Gasteiger partial charge in [0.1, 0.15) is 5.52 Å². The van der Waals surface area contributed by atoms with Crippen LogP contribution in [0.2, 0.25) is 0 Å². The molecule has 0 spiro atoms. The second-order valence-electron chi connectivity index (χ2n) is 7.64. The molecule has 0 aliphatic heterocycles. The Labute approximate surface area is 170 Å². The molecule has 1 unspecified atom stereocenters. The predicted molar refractivity (Wildman–Crippen MR) is 113 cm³/mol. The minimum Gasteiger partial charge on any atom is -0.339 e. The van der Waals surface area contributed by atoms with Crippen molar-refractivity contribution in [3.63, 3.8) is 0 Å². The highest BCUT2D eigenvalue weighted by Crippen LogP contribution is 2.25. The fourth-order valence-electron chi connectivity index (χ4n) is 4.21. The Hall–Kier alpha value is -3.02. The SMILES string of the molecule is CCCN(C(=O)CCn1nnc2ccccc2c1=O)C1CCc2ccccc2C1. The summed E-state index contributed by atoms with van der Waals surface area (Å²) in [6, 6.07) is 15.9. The van der Waals surface area contributed by atoms with Gasteiger partial charge < -0.3 is 4.90 Å². The summed E-state index contributed by atoms with van der Waals surface area (Å²) in [6.45, 7) is 3.08. The molecule has 0 saturated heterocycles. The summed E-state index contributed by atoms with van der Waals surface area (Å²) >= 11 is 0. The molecule has 1 amide bonds. The van der Waals surface area contributed by atoms with Gasteiger partial charge in [0.25, 0.3) is 5.56 Å². The van der Waals surface area contributed by atoms with E-state index in [1.807, 2.05) is 17.0 Å². The molecule has 3 aromatic rings. The van der Waals surface area contributed by atoms with Gasteiger partial charge in [0.2, 0.25) is 5.91 Å². The number of aryl methyl sites for hydroxylation is 2. The molecule has 150 valence electrons. The van der Waals surface area contributed by atoms with E-state index in [4.69, 9.17) is 0 Å². The molecule has 0 N–H and O–H groups in total. The smallest absolute Gasteiger partial charge is 0.277 e. The minimum absolute atomic E-state index is 0.0816. The third kappa shape index (κ3) is 4.06. The number of hydrogen-bond donors (Lipinski definition) is 0. The summed E-state index contributed by atoms with van der Waals surface area (Å²) in [6.07, 6.45) is 4.06. The van der Waals surface area contributed by atoms with E-state index in [-0.39, 0.29) is 30.5 Å². The standard InChI is InChI=1S/C23H26N4O2/c1-2-14-26(19-12-11-17-7-3-4-8-18(17)16-19)22(28)13-15-27-23(29)20-9-5-6-10-21(20)24-25-27/h3-10,19H,2,11-16H2,1H3. The van der Waals surface area contributed by atoms with Crippen LogP contribution < -0.4 is 5.56 Å². The van der Waals surface area contributed by atoms with Crippen LogP contribution in [0, 0.1) is 0 Å². The van der Waals surface area contributed by atoms with Crippen LogP contribution in [0.1, 0.15) is 37.3 Å². The molecule has 2 aromatic carbocycles. The lowest BCUT2D eigenvalue weighted by molar-refractivity contribution is -0.134. The number of aromatic nitrogens is 3. The Morgan fingerprint density at radius 1 is 1.14 bits per heavy atom. The van der Waals surface area contributed by atoms with Crippen molar-refractivity contribution in [1.29, 1.82) is 0 Å². The third-order valence-corrected chi connectivity index (χ3v) is 5.71. The largest absolute Gasteiger partial charge is 0.339 e. The molecule has 1 atom stereocenters. The number of benzene rings is 2. The van der Waals surface area contributed by atoms with E-state index in [0.29, 0.717) is 10.9 Å². The lowest BCUT2D eigenvalue weighted by Crippen LogP contribution is -2.44. The molecule has 6 nitrogen and oxygen atoms in total. The summed E-state index contributed by atoms with van der Waals surface area (Å²) in [5.74, 6) is 0.0816. The second-order valence-corrected chi connectivity index (χ2v) is 7.64. The van der Waals surface area contributed by atoms with Gasteiger partial charge in [-0.15, -0.1) is 5.10 Å². The molecule has 0 saturated carbocycles. The van der Waals surface area contributed by atoms with Crippen LogP contribution >= 0.6 is 0 Å². The minimum atomic E-state index is -0.197. The van der Waals surface area contributed by atoms with Crippen molar-refractivity contribution in [3.8, 4) is 0 Å². The highest BCUT2D eigenvalue weighted by molar-refractivity contribution is 5.77. The van der Waals surface area contributed by atoms with Crippen LogP contribution in [0.5, 0.6) is 0 Å². The lowest BCUT2D eigenvalue weighted by Gasteiger charge is -2.35. The maximum absolute atomic E-state index is 13.1. The topological polar surface area (TPSA) is 68.1 Å². The Balaban J connectivity index is 1.47. The summed E-state index contributed by atoms with van der Waals surface area (Å²) in [5, 5.41) is 8.65. The van der Waals surface area contributed by atoms with E-state index < -0.39 is 0 Å². The first-order valence-corrected chi connectivity index (χ1v) is 10.4. The molecular weight excluding hydrogens is 364 g/mol. The van der Waals surface area contributed by atoms with Gasteiger partial charge in [0, 0.05) is 19.0 Å². The molecule has 0 fully saturated rings. The van der Waals surface area contributed by atoms with Crippen molar-refractivity contribution in [1.82, 2.24) is 19.9 Å². The molecule has 0 bridgehead atoms. The van der Waals surface area contributed by atoms with Gasteiger partial charge >= 0.3 is 0 Å². The Morgan fingerprint density at radius 3 is 2.72 bits per heavy atom. The van der Waals surface area contributed by atoms with E-state index in [9.17, 15) is 9.59 Å². The van der Waals surface area contributed by atoms with Crippen LogP contribution in [0.15, 0.2) is 53.3 Å². The maximum atomic E-state index is 13.1. The second kappa shape index (κ2) is 8.55. The van der Waals surface area contributed by atoms with Crippen LogP contribution in [0.4, 0.5) is 0 Å². The molecule has 6 heteroatoms. The Morgan fingerprint density at radius 2 is 1.90 bits per heavy atom. The number of amides is 1. The Kier molecular flexibility index (Phi) is 5.69. The summed E-state index contributed by atoms with van der Waals surface area (Å²) in [7, 11) is 0. The monoisotopic (exact) mass is 390 g/mol. The van der Waals surface area contributed by atoms with Crippen LogP contribution in [-0.4, -0.2) is 38.4 Å². The number of nitrogens with zero attached hydrogens (tertiary/aromatic N) is 4. The maximum Gasteiger partial charge on any atom is 0.277 e. The first-order chi connectivity index (χ1) is 14.2. The summed E-state index contributed by atoms with van der Waals surface area (Å²) in [5.41, 5.74) is 3.12. The molecule has 1 heterocycles. The molecule has 29 heavy (non-hydrogen) atoms. The van der Waals surface area contributed by atoms with E-state index in [0.717, 1.165) is 32.2 Å². The lowest BCUT2D eigenvalue weighted by atomic mass is 9.87. The van der Waals surface area contributed by atoms with Gasteiger partial charge in [-0.25, -0.2) is 4.68 Å². The molecule has 1 aliphatic rings. The Bertz CT molecular complexity index is 1080. The molecule has 0 radical (unpaired) electrons. The molecule has 1 aromatic heterocycles.